The number of carbonyl (C=O) groups excluding carboxylic acids is 3. The largest absolute Gasteiger partial charge is 0.491 e. The Morgan fingerprint density at radius 2 is 1.97 bits per heavy atom. The van der Waals surface area contributed by atoms with Gasteiger partial charge < -0.3 is 24.6 Å². The van der Waals surface area contributed by atoms with Crippen LogP contribution in [-0.2, 0) is 9.53 Å². The summed E-state index contributed by atoms with van der Waals surface area (Å²) in [5.74, 6) is -0.264. The maximum Gasteiger partial charge on any atom is 0.272 e. The lowest BCUT2D eigenvalue weighted by Crippen LogP contribution is -2.48. The Morgan fingerprint density at radius 3 is 2.63 bits per heavy atom. The van der Waals surface area contributed by atoms with Gasteiger partial charge in [-0.1, -0.05) is 19.9 Å². The van der Waals surface area contributed by atoms with Gasteiger partial charge in [0.1, 0.15) is 18.1 Å². The number of fused-ring (bicyclic) bond motifs is 1. The van der Waals surface area contributed by atoms with Crippen LogP contribution in [0, 0.1) is 5.92 Å². The lowest BCUT2D eigenvalue weighted by atomic mass is 10.0. The number of anilines is 1. The Hall–Kier alpha value is -3.46. The minimum absolute atomic E-state index is 0.0700. The van der Waals surface area contributed by atoms with Gasteiger partial charge in [0.25, 0.3) is 11.8 Å². The molecule has 0 radical (unpaired) electrons. The molecule has 0 saturated carbocycles. The molecular formula is C26H34N4O5. The van der Waals surface area contributed by atoms with Crippen LogP contribution in [0.25, 0.3) is 0 Å². The van der Waals surface area contributed by atoms with E-state index in [1.165, 1.54) is 0 Å². The molecule has 1 aliphatic rings. The zero-order valence-corrected chi connectivity index (χ0v) is 21.0. The fraction of sp³-hybridized carbons (Fsp3) is 0.462. The number of benzene rings is 1. The number of amides is 3. The molecule has 188 valence electrons. The molecule has 9 nitrogen and oxygen atoms in total. The van der Waals surface area contributed by atoms with Crippen molar-refractivity contribution >= 4 is 23.4 Å². The number of pyridine rings is 1. The third-order valence-electron chi connectivity index (χ3n) is 6.19. The Balaban J connectivity index is 1.98. The first kappa shape index (κ1) is 26.2. The topological polar surface area (TPSA) is 101 Å². The summed E-state index contributed by atoms with van der Waals surface area (Å²) in [6.07, 6.45) is 1.62. The average molecular weight is 483 g/mol. The minimum atomic E-state index is -0.304. The van der Waals surface area contributed by atoms with Crippen LogP contribution in [0.1, 0.15) is 48.0 Å². The van der Waals surface area contributed by atoms with Crippen molar-refractivity contribution in [1.29, 1.82) is 0 Å². The maximum absolute atomic E-state index is 13.4. The normalized spacial score (nSPS) is 21.3. The summed E-state index contributed by atoms with van der Waals surface area (Å²) in [5, 5.41) is 2.79. The molecule has 0 aliphatic carbocycles. The van der Waals surface area contributed by atoms with Crippen molar-refractivity contribution in [3.8, 4) is 5.75 Å². The predicted molar refractivity (Wildman–Crippen MR) is 133 cm³/mol. The Labute approximate surface area is 206 Å². The van der Waals surface area contributed by atoms with E-state index in [0.29, 0.717) is 42.2 Å². The lowest BCUT2D eigenvalue weighted by molar-refractivity contribution is -0.115. The van der Waals surface area contributed by atoms with Crippen LogP contribution in [0.4, 0.5) is 5.69 Å². The number of nitrogens with one attached hydrogen (secondary N) is 1. The SMILES string of the molecule is CCC(=O)Nc1ccc2c(c1)C(=O)N(C)C[C@@H](OC)[C@H](C)CN(C(=O)c1ccccn1)[C@@H](C)CO2. The molecule has 3 rings (SSSR count). The van der Waals surface area contributed by atoms with E-state index in [9.17, 15) is 14.4 Å². The summed E-state index contributed by atoms with van der Waals surface area (Å²) in [6.45, 7) is 6.57. The number of carbonyl (C=O) groups is 3. The molecule has 0 unspecified atom stereocenters. The molecule has 1 aromatic carbocycles. The Morgan fingerprint density at radius 1 is 1.20 bits per heavy atom. The summed E-state index contributed by atoms with van der Waals surface area (Å²) in [7, 11) is 3.31. The second-order valence-corrected chi connectivity index (χ2v) is 8.88. The molecule has 9 heteroatoms. The van der Waals surface area contributed by atoms with Crippen molar-refractivity contribution in [2.45, 2.75) is 39.3 Å². The molecular weight excluding hydrogens is 448 g/mol. The number of rotatable bonds is 4. The predicted octanol–water partition coefficient (Wildman–Crippen LogP) is 3.08. The van der Waals surface area contributed by atoms with Gasteiger partial charge in [0.2, 0.25) is 5.91 Å². The molecule has 0 bridgehead atoms. The number of likely N-dealkylation sites (N-methyl/N-ethyl adjacent to an activating group) is 1. The highest BCUT2D eigenvalue weighted by atomic mass is 16.5. The van der Waals surface area contributed by atoms with Gasteiger partial charge in [-0.25, -0.2) is 0 Å². The summed E-state index contributed by atoms with van der Waals surface area (Å²) >= 11 is 0. The zero-order chi connectivity index (χ0) is 25.5. The van der Waals surface area contributed by atoms with Gasteiger partial charge in [-0.3, -0.25) is 19.4 Å². The molecule has 1 N–H and O–H groups in total. The molecule has 1 aliphatic heterocycles. The third kappa shape index (κ3) is 6.36. The van der Waals surface area contributed by atoms with Crippen LogP contribution in [0.15, 0.2) is 42.6 Å². The van der Waals surface area contributed by atoms with Crippen molar-refractivity contribution in [2.75, 3.05) is 39.2 Å². The van der Waals surface area contributed by atoms with Crippen molar-refractivity contribution < 1.29 is 23.9 Å². The van der Waals surface area contributed by atoms with Crippen molar-refractivity contribution in [3.63, 3.8) is 0 Å². The summed E-state index contributed by atoms with van der Waals surface area (Å²) in [6, 6.07) is 9.94. The van der Waals surface area contributed by atoms with Gasteiger partial charge in [-0.15, -0.1) is 0 Å². The van der Waals surface area contributed by atoms with Gasteiger partial charge in [-0.2, -0.15) is 0 Å². The number of ether oxygens (including phenoxy) is 2. The van der Waals surface area contributed by atoms with E-state index in [1.807, 2.05) is 13.8 Å². The zero-order valence-electron chi connectivity index (χ0n) is 21.0. The first-order chi connectivity index (χ1) is 16.7. The summed E-state index contributed by atoms with van der Waals surface area (Å²) in [4.78, 5) is 46.2. The van der Waals surface area contributed by atoms with Crippen molar-refractivity contribution in [1.82, 2.24) is 14.8 Å². The van der Waals surface area contributed by atoms with Crippen molar-refractivity contribution in [3.05, 3.63) is 53.9 Å². The Kier molecular flexibility index (Phi) is 8.81. The van der Waals surface area contributed by atoms with E-state index >= 15 is 0 Å². The minimum Gasteiger partial charge on any atom is -0.491 e. The van der Waals surface area contributed by atoms with E-state index in [0.717, 1.165) is 0 Å². The molecule has 0 spiro atoms. The fourth-order valence-corrected chi connectivity index (χ4v) is 4.02. The number of hydrogen-bond acceptors (Lipinski definition) is 6. The van der Waals surface area contributed by atoms with Gasteiger partial charge >= 0.3 is 0 Å². The van der Waals surface area contributed by atoms with Crippen LogP contribution in [0.3, 0.4) is 0 Å². The van der Waals surface area contributed by atoms with Gasteiger partial charge in [0.15, 0.2) is 0 Å². The molecule has 2 heterocycles. The number of hydrogen-bond donors (Lipinski definition) is 1. The van der Waals surface area contributed by atoms with E-state index in [4.69, 9.17) is 9.47 Å². The Bertz CT molecular complexity index is 1050. The van der Waals surface area contributed by atoms with Gasteiger partial charge in [0.05, 0.1) is 17.7 Å². The molecule has 0 saturated heterocycles. The highest BCUT2D eigenvalue weighted by Crippen LogP contribution is 2.27. The van der Waals surface area contributed by atoms with Crippen LogP contribution < -0.4 is 10.1 Å². The monoisotopic (exact) mass is 482 g/mol. The van der Waals surface area contributed by atoms with E-state index in [2.05, 4.69) is 10.3 Å². The smallest absolute Gasteiger partial charge is 0.272 e. The number of nitrogens with zero attached hydrogens (tertiary/aromatic N) is 3. The van der Waals surface area contributed by atoms with Gasteiger partial charge in [-0.05, 0) is 37.3 Å². The molecule has 0 fully saturated rings. The van der Waals surface area contributed by atoms with Crippen LogP contribution in [-0.4, -0.2) is 78.5 Å². The summed E-state index contributed by atoms with van der Waals surface area (Å²) in [5.41, 5.74) is 1.21. The standard InChI is InChI=1S/C26H34N4O5/c1-6-24(31)28-19-10-11-22-20(13-19)25(32)29(4)15-23(34-5)17(2)14-30(18(3)16-35-22)26(33)21-9-7-8-12-27-21/h7-13,17-18,23H,6,14-16H2,1-5H3,(H,28,31)/t17-,18+,23-/m1/s1. The van der Waals surface area contributed by atoms with E-state index < -0.39 is 0 Å². The summed E-state index contributed by atoms with van der Waals surface area (Å²) < 4.78 is 11.8. The van der Waals surface area contributed by atoms with E-state index in [-0.39, 0.29) is 42.4 Å². The average Bonchev–Trinajstić information content (AvgIpc) is 2.88. The molecule has 2 aromatic rings. The highest BCUT2D eigenvalue weighted by molar-refractivity contribution is 5.99. The second-order valence-electron chi connectivity index (χ2n) is 8.88. The van der Waals surface area contributed by atoms with Crippen molar-refractivity contribution in [2.24, 2.45) is 5.92 Å². The number of methoxy groups -OCH3 is 1. The van der Waals surface area contributed by atoms with Crippen LogP contribution in [0.5, 0.6) is 5.75 Å². The number of aromatic nitrogens is 1. The molecule has 3 amide bonds. The molecule has 35 heavy (non-hydrogen) atoms. The maximum atomic E-state index is 13.4. The lowest BCUT2D eigenvalue weighted by Gasteiger charge is -2.36. The van der Waals surface area contributed by atoms with Crippen LogP contribution in [0.2, 0.25) is 0 Å². The van der Waals surface area contributed by atoms with E-state index in [1.54, 1.807) is 73.5 Å². The fourth-order valence-electron chi connectivity index (χ4n) is 4.02. The molecule has 3 atom stereocenters. The van der Waals surface area contributed by atoms with Crippen LogP contribution >= 0.6 is 0 Å². The highest BCUT2D eigenvalue weighted by Gasteiger charge is 2.31. The quantitative estimate of drug-likeness (QED) is 0.719. The first-order valence-electron chi connectivity index (χ1n) is 11.8. The third-order valence-corrected chi connectivity index (χ3v) is 6.19. The second kappa shape index (κ2) is 11.8. The molecule has 1 aromatic heterocycles. The van der Waals surface area contributed by atoms with Gasteiger partial charge in [0, 0.05) is 51.5 Å². The first-order valence-corrected chi connectivity index (χ1v) is 11.8.